The summed E-state index contributed by atoms with van der Waals surface area (Å²) in [6, 6.07) is 12.0. The topological polar surface area (TPSA) is 21.3 Å². The van der Waals surface area contributed by atoms with Gasteiger partial charge in [-0.3, -0.25) is 0 Å². The maximum Gasteiger partial charge on any atom is 0.132 e. The molecule has 0 saturated carbocycles. The van der Waals surface area contributed by atoms with E-state index >= 15 is 0 Å². The van der Waals surface area contributed by atoms with Crippen LogP contribution in [-0.4, -0.2) is 13.7 Å². The predicted octanol–water partition coefficient (Wildman–Crippen LogP) is 4.58. The molecule has 0 spiro atoms. The Kier molecular flexibility index (Phi) is 5.59. The van der Waals surface area contributed by atoms with Crippen LogP contribution < -0.4 is 10.1 Å². The molecule has 4 heteroatoms. The second-order valence-electron chi connectivity index (χ2n) is 4.80. The number of ether oxygens (including phenoxy) is 1. The van der Waals surface area contributed by atoms with E-state index in [1.54, 1.807) is 25.3 Å². The number of benzene rings is 2. The first-order valence-electron chi connectivity index (χ1n) is 6.98. The van der Waals surface area contributed by atoms with Crippen LogP contribution in [0.2, 0.25) is 5.02 Å². The van der Waals surface area contributed by atoms with Gasteiger partial charge in [0.1, 0.15) is 11.6 Å². The Balaban J connectivity index is 2.50. The van der Waals surface area contributed by atoms with E-state index < -0.39 is 0 Å². The number of rotatable bonds is 6. The lowest BCUT2D eigenvalue weighted by atomic mass is 9.97. The van der Waals surface area contributed by atoms with Gasteiger partial charge in [0.05, 0.1) is 18.7 Å². The van der Waals surface area contributed by atoms with Crippen molar-refractivity contribution in [2.45, 2.75) is 19.4 Å². The first-order chi connectivity index (χ1) is 10.2. The van der Waals surface area contributed by atoms with Gasteiger partial charge in [-0.25, -0.2) is 4.39 Å². The number of hydrogen-bond acceptors (Lipinski definition) is 2. The van der Waals surface area contributed by atoms with Crippen molar-refractivity contribution in [1.82, 2.24) is 5.32 Å². The molecule has 0 radical (unpaired) electrons. The highest BCUT2D eigenvalue weighted by Gasteiger charge is 2.21. The van der Waals surface area contributed by atoms with Gasteiger partial charge in [0.15, 0.2) is 0 Å². The number of nitrogens with one attached hydrogen (secondary N) is 1. The summed E-state index contributed by atoms with van der Waals surface area (Å²) >= 11 is 6.07. The molecule has 21 heavy (non-hydrogen) atoms. The summed E-state index contributed by atoms with van der Waals surface area (Å²) in [6.07, 6.45) is 0.952. The lowest BCUT2D eigenvalue weighted by molar-refractivity contribution is 0.396. The predicted molar refractivity (Wildman–Crippen MR) is 84.5 cm³/mol. The molecule has 0 bridgehead atoms. The van der Waals surface area contributed by atoms with Crippen molar-refractivity contribution in [3.8, 4) is 5.75 Å². The molecule has 2 nitrogen and oxygen atoms in total. The highest BCUT2D eigenvalue weighted by Crippen LogP contribution is 2.33. The van der Waals surface area contributed by atoms with Gasteiger partial charge in [-0.15, -0.1) is 0 Å². The first-order valence-corrected chi connectivity index (χ1v) is 7.36. The minimum Gasteiger partial charge on any atom is -0.496 e. The number of methoxy groups -OCH3 is 1. The van der Waals surface area contributed by atoms with Crippen LogP contribution >= 0.6 is 11.6 Å². The van der Waals surface area contributed by atoms with Gasteiger partial charge in [0, 0.05) is 5.02 Å². The molecule has 2 aromatic rings. The van der Waals surface area contributed by atoms with Gasteiger partial charge >= 0.3 is 0 Å². The van der Waals surface area contributed by atoms with Gasteiger partial charge in [-0.05, 0) is 42.8 Å². The standard InChI is InChI=1S/C17H19ClFNO/c1-3-10-20-17(12-6-4-7-13(18)11-12)16-14(19)8-5-9-15(16)21-2/h4-9,11,17,20H,3,10H2,1-2H3. The fourth-order valence-corrected chi connectivity index (χ4v) is 2.54. The molecule has 0 fully saturated rings. The monoisotopic (exact) mass is 307 g/mol. The van der Waals surface area contributed by atoms with Gasteiger partial charge < -0.3 is 10.1 Å². The lowest BCUT2D eigenvalue weighted by Crippen LogP contribution is -2.24. The molecule has 2 aromatic carbocycles. The lowest BCUT2D eigenvalue weighted by Gasteiger charge is -2.22. The largest absolute Gasteiger partial charge is 0.496 e. The van der Waals surface area contributed by atoms with Crippen LogP contribution in [0, 0.1) is 5.82 Å². The van der Waals surface area contributed by atoms with E-state index in [9.17, 15) is 4.39 Å². The van der Waals surface area contributed by atoms with Crippen molar-refractivity contribution in [2.24, 2.45) is 0 Å². The Morgan fingerprint density at radius 2 is 2.00 bits per heavy atom. The van der Waals surface area contributed by atoms with E-state index in [2.05, 4.69) is 12.2 Å². The van der Waals surface area contributed by atoms with E-state index in [-0.39, 0.29) is 11.9 Å². The average molecular weight is 308 g/mol. The molecule has 0 saturated heterocycles. The zero-order chi connectivity index (χ0) is 15.2. The van der Waals surface area contributed by atoms with Gasteiger partial charge in [-0.2, -0.15) is 0 Å². The third-order valence-corrected chi connectivity index (χ3v) is 3.54. The maximum absolute atomic E-state index is 14.3. The van der Waals surface area contributed by atoms with Crippen LogP contribution in [0.25, 0.3) is 0 Å². The minimum absolute atomic E-state index is 0.289. The Morgan fingerprint density at radius 3 is 2.67 bits per heavy atom. The molecule has 0 aromatic heterocycles. The van der Waals surface area contributed by atoms with Gasteiger partial charge in [0.2, 0.25) is 0 Å². The van der Waals surface area contributed by atoms with E-state index in [0.717, 1.165) is 18.5 Å². The number of halogens is 2. The van der Waals surface area contributed by atoms with E-state index in [4.69, 9.17) is 16.3 Å². The molecule has 2 rings (SSSR count). The summed E-state index contributed by atoms with van der Waals surface area (Å²) in [7, 11) is 1.55. The molecular weight excluding hydrogens is 289 g/mol. The van der Waals surface area contributed by atoms with Crippen molar-refractivity contribution in [2.75, 3.05) is 13.7 Å². The van der Waals surface area contributed by atoms with E-state index in [0.29, 0.717) is 16.3 Å². The molecule has 112 valence electrons. The van der Waals surface area contributed by atoms with Crippen molar-refractivity contribution in [3.05, 3.63) is 64.4 Å². The third kappa shape index (κ3) is 3.74. The maximum atomic E-state index is 14.3. The molecule has 1 atom stereocenters. The minimum atomic E-state index is -0.292. The summed E-state index contributed by atoms with van der Waals surface area (Å²) in [5, 5.41) is 4.00. The smallest absolute Gasteiger partial charge is 0.132 e. The number of hydrogen-bond donors (Lipinski definition) is 1. The molecule has 0 amide bonds. The van der Waals surface area contributed by atoms with Gasteiger partial charge in [-0.1, -0.05) is 36.7 Å². The zero-order valence-corrected chi connectivity index (χ0v) is 13.0. The SMILES string of the molecule is CCCNC(c1cccc(Cl)c1)c1c(F)cccc1OC. The second kappa shape index (κ2) is 7.43. The van der Waals surface area contributed by atoms with Crippen LogP contribution in [0.1, 0.15) is 30.5 Å². The average Bonchev–Trinajstić information content (AvgIpc) is 2.49. The second-order valence-corrected chi connectivity index (χ2v) is 5.23. The third-order valence-electron chi connectivity index (χ3n) is 3.30. The highest BCUT2D eigenvalue weighted by atomic mass is 35.5. The molecule has 1 unspecified atom stereocenters. The summed E-state index contributed by atoms with van der Waals surface area (Å²) in [5.41, 5.74) is 1.43. The van der Waals surface area contributed by atoms with Crippen LogP contribution in [0.15, 0.2) is 42.5 Å². The normalized spacial score (nSPS) is 12.2. The van der Waals surface area contributed by atoms with Crippen LogP contribution in [0.5, 0.6) is 5.75 Å². The molecular formula is C17H19ClFNO. The highest BCUT2D eigenvalue weighted by molar-refractivity contribution is 6.30. The van der Waals surface area contributed by atoms with Gasteiger partial charge in [0.25, 0.3) is 0 Å². The molecule has 0 aliphatic heterocycles. The van der Waals surface area contributed by atoms with Crippen molar-refractivity contribution in [3.63, 3.8) is 0 Å². The van der Waals surface area contributed by atoms with Crippen LogP contribution in [-0.2, 0) is 0 Å². The summed E-state index contributed by atoms with van der Waals surface area (Å²) in [4.78, 5) is 0. The van der Waals surface area contributed by atoms with E-state index in [1.807, 2.05) is 18.2 Å². The molecule has 0 heterocycles. The molecule has 0 aliphatic carbocycles. The van der Waals surface area contributed by atoms with Crippen molar-refractivity contribution in [1.29, 1.82) is 0 Å². The summed E-state index contributed by atoms with van der Waals surface area (Å²) in [5.74, 6) is 0.242. The first kappa shape index (κ1) is 15.8. The Bertz CT molecular complexity index is 603. The Labute approximate surface area is 129 Å². The summed E-state index contributed by atoms with van der Waals surface area (Å²) < 4.78 is 19.7. The Hall–Kier alpha value is -1.58. The van der Waals surface area contributed by atoms with Crippen molar-refractivity contribution >= 4 is 11.6 Å². The fourth-order valence-electron chi connectivity index (χ4n) is 2.34. The van der Waals surface area contributed by atoms with Crippen LogP contribution in [0.3, 0.4) is 0 Å². The summed E-state index contributed by atoms with van der Waals surface area (Å²) in [6.45, 7) is 2.84. The molecule has 0 aliphatic rings. The fraction of sp³-hybridized carbons (Fsp3) is 0.294. The quantitative estimate of drug-likeness (QED) is 0.843. The van der Waals surface area contributed by atoms with E-state index in [1.165, 1.54) is 6.07 Å². The van der Waals surface area contributed by atoms with Crippen LogP contribution in [0.4, 0.5) is 4.39 Å². The zero-order valence-electron chi connectivity index (χ0n) is 12.2. The van der Waals surface area contributed by atoms with Crippen molar-refractivity contribution < 1.29 is 9.13 Å². The molecule has 1 N–H and O–H groups in total. The Morgan fingerprint density at radius 1 is 1.24 bits per heavy atom.